The maximum absolute atomic E-state index is 12.0. The zero-order valence-electron chi connectivity index (χ0n) is 14.0. The zero-order chi connectivity index (χ0) is 16.8. The second-order valence-electron chi connectivity index (χ2n) is 5.88. The topological polar surface area (TPSA) is 74.2 Å². The van der Waals surface area contributed by atoms with Crippen molar-refractivity contribution in [2.75, 3.05) is 44.6 Å². The predicted octanol–water partition coefficient (Wildman–Crippen LogP) is 1.11. The Bertz CT molecular complexity index is 663. The molecule has 1 aliphatic heterocycles. The van der Waals surface area contributed by atoms with Gasteiger partial charge in [0.2, 0.25) is 0 Å². The summed E-state index contributed by atoms with van der Waals surface area (Å²) in [6.45, 7) is 5.59. The number of rotatable bonds is 5. The summed E-state index contributed by atoms with van der Waals surface area (Å²) in [6, 6.07) is 11.7. The summed E-state index contributed by atoms with van der Waals surface area (Å²) in [5.74, 6) is 0.552. The average Bonchev–Trinajstić information content (AvgIpc) is 2.97. The van der Waals surface area contributed by atoms with Crippen LogP contribution in [0.5, 0.6) is 0 Å². The lowest BCUT2D eigenvalue weighted by Gasteiger charge is -2.27. The zero-order valence-corrected chi connectivity index (χ0v) is 14.0. The molecule has 3 rings (SSSR count). The summed E-state index contributed by atoms with van der Waals surface area (Å²) < 4.78 is 1.77. The van der Waals surface area contributed by atoms with Crippen LogP contribution in [0, 0.1) is 0 Å². The van der Waals surface area contributed by atoms with Crippen LogP contribution in [0.25, 0.3) is 11.3 Å². The molecule has 2 aromatic rings. The standard InChI is InChI=1S/C17H24N6O/c1-22-15(14-5-3-2-4-6-14)13-16(21-22)20-17(24)19-9-12-23-10-7-18-8-11-23/h2-6,13,18H,7-12H2,1H3,(H2,19,20,21,24). The number of benzene rings is 1. The number of aromatic nitrogens is 2. The van der Waals surface area contributed by atoms with E-state index >= 15 is 0 Å². The summed E-state index contributed by atoms with van der Waals surface area (Å²) in [5.41, 5.74) is 2.03. The van der Waals surface area contributed by atoms with E-state index in [1.807, 2.05) is 43.4 Å². The maximum atomic E-state index is 12.0. The van der Waals surface area contributed by atoms with Crippen LogP contribution in [0.3, 0.4) is 0 Å². The highest BCUT2D eigenvalue weighted by Crippen LogP contribution is 2.21. The first-order chi connectivity index (χ1) is 11.7. The molecule has 128 valence electrons. The highest BCUT2D eigenvalue weighted by atomic mass is 16.2. The van der Waals surface area contributed by atoms with Crippen LogP contribution in [0.15, 0.2) is 36.4 Å². The molecular weight excluding hydrogens is 304 g/mol. The van der Waals surface area contributed by atoms with Gasteiger partial charge in [-0.2, -0.15) is 5.10 Å². The van der Waals surface area contributed by atoms with Crippen molar-refractivity contribution in [3.05, 3.63) is 36.4 Å². The summed E-state index contributed by atoms with van der Waals surface area (Å²) in [5, 5.41) is 13.3. The molecule has 1 aromatic carbocycles. The first-order valence-corrected chi connectivity index (χ1v) is 8.30. The number of carbonyl (C=O) groups excluding carboxylic acids is 1. The Hall–Kier alpha value is -2.38. The van der Waals surface area contributed by atoms with Crippen LogP contribution in [-0.4, -0.2) is 60.0 Å². The van der Waals surface area contributed by atoms with Gasteiger partial charge >= 0.3 is 6.03 Å². The molecule has 0 unspecified atom stereocenters. The highest BCUT2D eigenvalue weighted by Gasteiger charge is 2.11. The number of amides is 2. The average molecular weight is 328 g/mol. The third-order valence-corrected chi connectivity index (χ3v) is 4.11. The molecule has 1 fully saturated rings. The summed E-state index contributed by atoms with van der Waals surface area (Å²) in [6.07, 6.45) is 0. The van der Waals surface area contributed by atoms with Crippen molar-refractivity contribution in [3.8, 4) is 11.3 Å². The third-order valence-electron chi connectivity index (χ3n) is 4.11. The van der Waals surface area contributed by atoms with Crippen molar-refractivity contribution >= 4 is 11.8 Å². The van der Waals surface area contributed by atoms with Crippen LogP contribution in [-0.2, 0) is 7.05 Å². The Labute approximate surface area is 142 Å². The van der Waals surface area contributed by atoms with Gasteiger partial charge in [0.25, 0.3) is 0 Å². The van der Waals surface area contributed by atoms with Gasteiger partial charge in [-0.05, 0) is 5.56 Å². The van der Waals surface area contributed by atoms with Crippen LogP contribution in [0.2, 0.25) is 0 Å². The van der Waals surface area contributed by atoms with Crippen molar-refractivity contribution in [1.29, 1.82) is 0 Å². The van der Waals surface area contributed by atoms with E-state index in [-0.39, 0.29) is 6.03 Å². The molecule has 0 radical (unpaired) electrons. The summed E-state index contributed by atoms with van der Waals surface area (Å²) in [7, 11) is 1.87. The van der Waals surface area contributed by atoms with E-state index in [1.54, 1.807) is 4.68 Å². The number of carbonyl (C=O) groups is 1. The van der Waals surface area contributed by atoms with Crippen LogP contribution < -0.4 is 16.0 Å². The van der Waals surface area contributed by atoms with Gasteiger partial charge in [0.05, 0.1) is 5.69 Å². The number of hydrogen-bond donors (Lipinski definition) is 3. The van der Waals surface area contributed by atoms with Gasteiger partial charge < -0.3 is 10.6 Å². The van der Waals surface area contributed by atoms with E-state index in [1.165, 1.54) is 0 Å². The Morgan fingerprint density at radius 2 is 2.00 bits per heavy atom. The van der Waals surface area contributed by atoms with Gasteiger partial charge in [-0.25, -0.2) is 4.79 Å². The fraction of sp³-hybridized carbons (Fsp3) is 0.412. The van der Waals surface area contributed by atoms with Gasteiger partial charge in [-0.1, -0.05) is 30.3 Å². The van der Waals surface area contributed by atoms with Gasteiger partial charge in [0.15, 0.2) is 5.82 Å². The summed E-state index contributed by atoms with van der Waals surface area (Å²) in [4.78, 5) is 14.3. The molecule has 0 aliphatic carbocycles. The maximum Gasteiger partial charge on any atom is 0.320 e. The SMILES string of the molecule is Cn1nc(NC(=O)NCCN2CCNCC2)cc1-c1ccccc1. The second-order valence-corrected chi connectivity index (χ2v) is 5.88. The monoisotopic (exact) mass is 328 g/mol. The molecule has 1 aliphatic rings. The lowest BCUT2D eigenvalue weighted by atomic mass is 10.1. The smallest absolute Gasteiger partial charge is 0.320 e. The van der Waals surface area contributed by atoms with Crippen LogP contribution >= 0.6 is 0 Å². The Morgan fingerprint density at radius 3 is 2.75 bits per heavy atom. The molecule has 1 saturated heterocycles. The molecule has 0 saturated carbocycles. The Kier molecular flexibility index (Phi) is 5.45. The van der Waals surface area contributed by atoms with Gasteiger partial charge in [-0.3, -0.25) is 14.9 Å². The van der Waals surface area contributed by atoms with Crippen molar-refractivity contribution in [3.63, 3.8) is 0 Å². The number of anilines is 1. The fourth-order valence-corrected chi connectivity index (χ4v) is 2.83. The normalized spacial score (nSPS) is 15.2. The molecule has 1 aromatic heterocycles. The lowest BCUT2D eigenvalue weighted by molar-refractivity contribution is 0.233. The van der Waals surface area contributed by atoms with E-state index in [2.05, 4.69) is 25.9 Å². The largest absolute Gasteiger partial charge is 0.337 e. The minimum absolute atomic E-state index is 0.220. The van der Waals surface area contributed by atoms with Crippen molar-refractivity contribution < 1.29 is 4.79 Å². The molecule has 24 heavy (non-hydrogen) atoms. The first kappa shape index (κ1) is 16.5. The van der Waals surface area contributed by atoms with Crippen molar-refractivity contribution in [1.82, 2.24) is 25.3 Å². The van der Waals surface area contributed by atoms with E-state index in [0.717, 1.165) is 44.0 Å². The molecule has 2 heterocycles. The summed E-state index contributed by atoms with van der Waals surface area (Å²) >= 11 is 0. The second kappa shape index (κ2) is 7.94. The minimum atomic E-state index is -0.220. The first-order valence-electron chi connectivity index (χ1n) is 8.30. The van der Waals surface area contributed by atoms with Gasteiger partial charge in [0, 0.05) is 52.4 Å². The molecule has 0 spiro atoms. The van der Waals surface area contributed by atoms with Gasteiger partial charge in [-0.15, -0.1) is 0 Å². The number of aryl methyl sites for hydroxylation is 1. The quantitative estimate of drug-likeness (QED) is 0.769. The molecule has 2 amide bonds. The lowest BCUT2D eigenvalue weighted by Crippen LogP contribution is -2.46. The molecule has 7 nitrogen and oxygen atoms in total. The molecular formula is C17H24N6O. The van der Waals surface area contributed by atoms with E-state index in [9.17, 15) is 4.79 Å². The third kappa shape index (κ3) is 4.33. The van der Waals surface area contributed by atoms with Gasteiger partial charge in [0.1, 0.15) is 0 Å². The number of urea groups is 1. The van der Waals surface area contributed by atoms with Crippen LogP contribution in [0.1, 0.15) is 0 Å². The van der Waals surface area contributed by atoms with Crippen LogP contribution in [0.4, 0.5) is 10.6 Å². The molecule has 7 heteroatoms. The number of nitrogens with one attached hydrogen (secondary N) is 3. The predicted molar refractivity (Wildman–Crippen MR) is 95.0 cm³/mol. The van der Waals surface area contributed by atoms with Crippen molar-refractivity contribution in [2.24, 2.45) is 7.05 Å². The number of piperazine rings is 1. The Morgan fingerprint density at radius 1 is 1.25 bits per heavy atom. The fourth-order valence-electron chi connectivity index (χ4n) is 2.83. The number of hydrogen-bond acceptors (Lipinski definition) is 4. The molecule has 0 atom stereocenters. The molecule has 3 N–H and O–H groups in total. The Balaban J connectivity index is 1.49. The number of nitrogens with zero attached hydrogens (tertiary/aromatic N) is 3. The van der Waals surface area contributed by atoms with Crippen molar-refractivity contribution in [2.45, 2.75) is 0 Å². The minimum Gasteiger partial charge on any atom is -0.337 e. The van der Waals surface area contributed by atoms with E-state index < -0.39 is 0 Å². The molecule has 0 bridgehead atoms. The van der Waals surface area contributed by atoms with E-state index in [0.29, 0.717) is 12.4 Å². The highest BCUT2D eigenvalue weighted by molar-refractivity contribution is 5.88. The van der Waals surface area contributed by atoms with E-state index in [4.69, 9.17) is 0 Å².